The van der Waals surface area contributed by atoms with Gasteiger partial charge in [-0.1, -0.05) is 40.2 Å². The molecule has 25 heavy (non-hydrogen) atoms. The number of halogens is 1. The van der Waals surface area contributed by atoms with E-state index in [-0.39, 0.29) is 12.5 Å². The number of carbonyl (C=O) groups excluding carboxylic acids is 1. The molecule has 1 N–H and O–H groups in total. The van der Waals surface area contributed by atoms with Crippen LogP contribution in [0.25, 0.3) is 6.08 Å². The fraction of sp³-hybridized carbons (Fsp3) is 0.200. The second-order valence-corrected chi connectivity index (χ2v) is 6.29. The molecule has 2 rings (SSSR count). The van der Waals surface area contributed by atoms with E-state index in [0.29, 0.717) is 12.3 Å². The summed E-state index contributed by atoms with van der Waals surface area (Å²) in [6.45, 7) is 0.661. The molecular weight excluding hydrogens is 380 g/mol. The van der Waals surface area contributed by atoms with Gasteiger partial charge in [-0.15, -0.1) is 0 Å². The molecule has 4 nitrogen and oxygen atoms in total. The first kappa shape index (κ1) is 18.8. The third-order valence-electron chi connectivity index (χ3n) is 3.44. The number of rotatable bonds is 8. The van der Waals surface area contributed by atoms with Gasteiger partial charge in [0.1, 0.15) is 11.8 Å². The topological polar surface area (TPSA) is 62.1 Å². The second-order valence-electron chi connectivity index (χ2n) is 5.37. The van der Waals surface area contributed by atoms with Crippen molar-refractivity contribution in [3.8, 4) is 11.8 Å². The molecule has 2 aromatic carbocycles. The molecule has 2 aromatic rings. The predicted molar refractivity (Wildman–Crippen MR) is 102 cm³/mol. The lowest BCUT2D eigenvalue weighted by molar-refractivity contribution is -0.116. The SMILES string of the molecule is N#CCOc1ccc(/C=C/C(=O)NCCCc2cccc(Br)c2)cc1. The summed E-state index contributed by atoms with van der Waals surface area (Å²) >= 11 is 3.45. The molecule has 128 valence electrons. The van der Waals surface area contributed by atoms with Crippen LogP contribution in [0.1, 0.15) is 17.5 Å². The van der Waals surface area contributed by atoms with Crippen molar-refractivity contribution in [1.82, 2.24) is 5.32 Å². The van der Waals surface area contributed by atoms with Crippen LogP contribution in [0.3, 0.4) is 0 Å². The van der Waals surface area contributed by atoms with Gasteiger partial charge in [0.2, 0.25) is 5.91 Å². The Morgan fingerprint density at radius 2 is 2.04 bits per heavy atom. The Morgan fingerprint density at radius 3 is 2.76 bits per heavy atom. The second kappa shape index (κ2) is 10.3. The van der Waals surface area contributed by atoms with Crippen LogP contribution >= 0.6 is 15.9 Å². The number of nitrogens with zero attached hydrogens (tertiary/aromatic N) is 1. The summed E-state index contributed by atoms with van der Waals surface area (Å²) < 4.78 is 6.25. The highest BCUT2D eigenvalue weighted by Crippen LogP contribution is 2.13. The van der Waals surface area contributed by atoms with E-state index in [4.69, 9.17) is 10.00 Å². The molecule has 0 aliphatic carbocycles. The zero-order valence-corrected chi connectivity index (χ0v) is 15.3. The number of nitriles is 1. The Bertz CT molecular complexity index is 764. The zero-order valence-electron chi connectivity index (χ0n) is 13.7. The molecule has 0 spiro atoms. The quantitative estimate of drug-likeness (QED) is 0.537. The number of hydrogen-bond donors (Lipinski definition) is 1. The van der Waals surface area contributed by atoms with Crippen LogP contribution in [-0.2, 0) is 11.2 Å². The van der Waals surface area contributed by atoms with Gasteiger partial charge in [-0.2, -0.15) is 5.26 Å². The highest BCUT2D eigenvalue weighted by atomic mass is 79.9. The number of benzene rings is 2. The molecule has 0 fully saturated rings. The van der Waals surface area contributed by atoms with E-state index < -0.39 is 0 Å². The molecular formula is C20H19BrN2O2. The monoisotopic (exact) mass is 398 g/mol. The van der Waals surface area contributed by atoms with Crippen molar-refractivity contribution < 1.29 is 9.53 Å². The Labute approximate surface area is 156 Å². The fourth-order valence-electron chi connectivity index (χ4n) is 2.22. The molecule has 5 heteroatoms. The molecule has 0 atom stereocenters. The zero-order chi connectivity index (χ0) is 17.9. The average molecular weight is 399 g/mol. The molecule has 0 heterocycles. The fourth-order valence-corrected chi connectivity index (χ4v) is 2.66. The molecule has 0 aliphatic rings. The molecule has 0 saturated heterocycles. The van der Waals surface area contributed by atoms with Gasteiger partial charge in [-0.25, -0.2) is 0 Å². The van der Waals surface area contributed by atoms with Crippen molar-refractivity contribution in [2.45, 2.75) is 12.8 Å². The summed E-state index contributed by atoms with van der Waals surface area (Å²) in [6, 6.07) is 17.3. The van der Waals surface area contributed by atoms with Crippen molar-refractivity contribution in [3.63, 3.8) is 0 Å². The van der Waals surface area contributed by atoms with Crippen LogP contribution in [-0.4, -0.2) is 19.1 Å². The lowest BCUT2D eigenvalue weighted by Gasteiger charge is -2.04. The van der Waals surface area contributed by atoms with Crippen molar-refractivity contribution in [2.24, 2.45) is 0 Å². The Balaban J connectivity index is 1.70. The van der Waals surface area contributed by atoms with Gasteiger partial charge in [0, 0.05) is 17.1 Å². The average Bonchev–Trinajstić information content (AvgIpc) is 2.63. The maximum Gasteiger partial charge on any atom is 0.243 e. The summed E-state index contributed by atoms with van der Waals surface area (Å²) in [5, 5.41) is 11.3. The molecule has 0 radical (unpaired) electrons. The maximum absolute atomic E-state index is 11.8. The summed E-state index contributed by atoms with van der Waals surface area (Å²) in [5.41, 5.74) is 2.14. The minimum absolute atomic E-state index is 0.0253. The van der Waals surface area contributed by atoms with E-state index in [1.165, 1.54) is 11.6 Å². The van der Waals surface area contributed by atoms with Gasteiger partial charge in [0.05, 0.1) is 0 Å². The minimum atomic E-state index is -0.112. The number of aryl methyl sites for hydroxylation is 1. The first-order valence-electron chi connectivity index (χ1n) is 7.97. The van der Waals surface area contributed by atoms with Crippen molar-refractivity contribution in [2.75, 3.05) is 13.2 Å². The summed E-state index contributed by atoms with van der Waals surface area (Å²) in [4.78, 5) is 11.8. The Hall–Kier alpha value is -2.58. The third-order valence-corrected chi connectivity index (χ3v) is 3.93. The van der Waals surface area contributed by atoms with Gasteiger partial charge < -0.3 is 10.1 Å². The van der Waals surface area contributed by atoms with Gasteiger partial charge in [-0.3, -0.25) is 4.79 Å². The van der Waals surface area contributed by atoms with E-state index >= 15 is 0 Å². The molecule has 0 saturated carbocycles. The van der Waals surface area contributed by atoms with Crippen LogP contribution in [0, 0.1) is 11.3 Å². The number of carbonyl (C=O) groups is 1. The molecule has 0 aliphatic heterocycles. The van der Waals surface area contributed by atoms with E-state index in [1.807, 2.05) is 30.3 Å². The first-order valence-corrected chi connectivity index (χ1v) is 8.77. The van der Waals surface area contributed by atoms with Gasteiger partial charge in [-0.05, 0) is 54.3 Å². The summed E-state index contributed by atoms with van der Waals surface area (Å²) in [7, 11) is 0. The number of amides is 1. The predicted octanol–water partition coefficient (Wildman–Crippen LogP) is 4.11. The van der Waals surface area contributed by atoms with E-state index in [9.17, 15) is 4.79 Å². The summed E-state index contributed by atoms with van der Waals surface area (Å²) in [5.74, 6) is 0.523. The highest BCUT2D eigenvalue weighted by molar-refractivity contribution is 9.10. The number of hydrogen-bond acceptors (Lipinski definition) is 3. The van der Waals surface area contributed by atoms with Gasteiger partial charge in [0.25, 0.3) is 0 Å². The van der Waals surface area contributed by atoms with Crippen molar-refractivity contribution in [1.29, 1.82) is 5.26 Å². The Morgan fingerprint density at radius 1 is 1.24 bits per heavy atom. The van der Waals surface area contributed by atoms with Crippen LogP contribution < -0.4 is 10.1 Å². The standard InChI is InChI=1S/C20H19BrN2O2/c21-18-5-1-3-17(15-18)4-2-13-23-20(24)11-8-16-6-9-19(10-7-16)25-14-12-22/h1,3,5-11,15H,2,4,13-14H2,(H,23,24)/b11-8+. The molecule has 0 aromatic heterocycles. The molecule has 0 unspecified atom stereocenters. The molecule has 0 bridgehead atoms. The summed E-state index contributed by atoms with van der Waals surface area (Å²) in [6.07, 6.45) is 5.08. The number of ether oxygens (including phenoxy) is 1. The van der Waals surface area contributed by atoms with Gasteiger partial charge in [0.15, 0.2) is 6.61 Å². The maximum atomic E-state index is 11.8. The Kier molecular flexibility index (Phi) is 7.74. The van der Waals surface area contributed by atoms with Crippen LogP contribution in [0.5, 0.6) is 5.75 Å². The van der Waals surface area contributed by atoms with E-state index in [0.717, 1.165) is 22.9 Å². The smallest absolute Gasteiger partial charge is 0.243 e. The van der Waals surface area contributed by atoms with Gasteiger partial charge >= 0.3 is 0 Å². The number of nitrogens with one attached hydrogen (secondary N) is 1. The van der Waals surface area contributed by atoms with Crippen LogP contribution in [0.2, 0.25) is 0 Å². The van der Waals surface area contributed by atoms with E-state index in [1.54, 1.807) is 18.2 Å². The third kappa shape index (κ3) is 7.23. The van der Waals surface area contributed by atoms with E-state index in [2.05, 4.69) is 33.4 Å². The normalized spacial score (nSPS) is 10.4. The molecule has 1 amide bonds. The van der Waals surface area contributed by atoms with Crippen LogP contribution in [0.4, 0.5) is 0 Å². The van der Waals surface area contributed by atoms with Crippen LogP contribution in [0.15, 0.2) is 59.1 Å². The van der Waals surface area contributed by atoms with Crippen molar-refractivity contribution >= 4 is 27.9 Å². The lowest BCUT2D eigenvalue weighted by atomic mass is 10.1. The van der Waals surface area contributed by atoms with Crippen molar-refractivity contribution in [3.05, 3.63) is 70.2 Å². The largest absolute Gasteiger partial charge is 0.479 e. The first-order chi connectivity index (χ1) is 12.2. The highest BCUT2D eigenvalue weighted by Gasteiger charge is 1.98. The lowest BCUT2D eigenvalue weighted by Crippen LogP contribution is -2.22. The minimum Gasteiger partial charge on any atom is -0.479 e.